The van der Waals surface area contributed by atoms with Gasteiger partial charge in [0.25, 0.3) is 0 Å². The van der Waals surface area contributed by atoms with Gasteiger partial charge in [0.05, 0.1) is 9.30 Å². The van der Waals surface area contributed by atoms with Crippen molar-refractivity contribution in [2.45, 2.75) is 11.8 Å². The summed E-state index contributed by atoms with van der Waals surface area (Å²) in [6, 6.07) is 9.15. The summed E-state index contributed by atoms with van der Waals surface area (Å²) in [4.78, 5) is -0.00400. The van der Waals surface area contributed by atoms with Crippen molar-refractivity contribution in [3.63, 3.8) is 0 Å². The highest BCUT2D eigenvalue weighted by atomic mass is 79.9. The standard InChI is InChI=1S/C14H9Br4F/c1-7-4-11(16)9(6-10(7)15)14(18)8-2-3-13(19)12(17)5-8/h2-6,14H,1H3. The van der Waals surface area contributed by atoms with Crippen LogP contribution in [0.4, 0.5) is 4.39 Å². The molecule has 19 heavy (non-hydrogen) atoms. The van der Waals surface area contributed by atoms with Crippen LogP contribution in [0.3, 0.4) is 0 Å². The molecule has 0 bridgehead atoms. The zero-order valence-electron chi connectivity index (χ0n) is 9.85. The minimum atomic E-state index is -0.257. The van der Waals surface area contributed by atoms with Crippen LogP contribution in [0.5, 0.6) is 0 Å². The summed E-state index contributed by atoms with van der Waals surface area (Å²) < 4.78 is 15.8. The molecule has 0 aromatic heterocycles. The zero-order chi connectivity index (χ0) is 14.2. The van der Waals surface area contributed by atoms with Gasteiger partial charge in [-0.2, -0.15) is 0 Å². The van der Waals surface area contributed by atoms with Crippen LogP contribution in [0.15, 0.2) is 43.7 Å². The molecule has 0 fully saturated rings. The minimum absolute atomic E-state index is 0.00400. The average molecular weight is 516 g/mol. The maximum atomic E-state index is 13.3. The Labute approximate surface area is 145 Å². The van der Waals surface area contributed by atoms with E-state index < -0.39 is 0 Å². The van der Waals surface area contributed by atoms with Crippen LogP contribution < -0.4 is 0 Å². The lowest BCUT2D eigenvalue weighted by Crippen LogP contribution is -1.96. The van der Waals surface area contributed by atoms with Crippen LogP contribution in [-0.4, -0.2) is 0 Å². The van der Waals surface area contributed by atoms with E-state index in [-0.39, 0.29) is 10.6 Å². The third-order valence-electron chi connectivity index (χ3n) is 2.79. The van der Waals surface area contributed by atoms with Gasteiger partial charge in [-0.25, -0.2) is 4.39 Å². The zero-order valence-corrected chi connectivity index (χ0v) is 16.2. The first kappa shape index (κ1) is 15.7. The van der Waals surface area contributed by atoms with Crippen molar-refractivity contribution in [3.05, 3.63) is 66.3 Å². The van der Waals surface area contributed by atoms with Crippen molar-refractivity contribution < 1.29 is 4.39 Å². The molecule has 2 rings (SSSR count). The second-order valence-electron chi connectivity index (χ2n) is 4.16. The Hall–Kier alpha value is 0.290. The Morgan fingerprint density at radius 3 is 2.26 bits per heavy atom. The molecule has 0 amide bonds. The molecule has 0 radical (unpaired) electrons. The van der Waals surface area contributed by atoms with Crippen molar-refractivity contribution in [2.75, 3.05) is 0 Å². The summed E-state index contributed by atoms with van der Waals surface area (Å²) in [5.41, 5.74) is 3.25. The summed E-state index contributed by atoms with van der Waals surface area (Å²) in [6.07, 6.45) is 0. The highest BCUT2D eigenvalue weighted by molar-refractivity contribution is 9.11. The van der Waals surface area contributed by atoms with Crippen LogP contribution in [0.25, 0.3) is 0 Å². The van der Waals surface area contributed by atoms with Crippen LogP contribution in [0.2, 0.25) is 0 Å². The predicted molar refractivity (Wildman–Crippen MR) is 91.4 cm³/mol. The largest absolute Gasteiger partial charge is 0.206 e. The van der Waals surface area contributed by atoms with Crippen LogP contribution in [0, 0.1) is 12.7 Å². The van der Waals surface area contributed by atoms with Crippen LogP contribution in [0.1, 0.15) is 21.5 Å². The summed E-state index contributed by atoms with van der Waals surface area (Å²) in [5.74, 6) is -0.257. The van der Waals surface area contributed by atoms with E-state index in [2.05, 4.69) is 75.9 Å². The summed E-state index contributed by atoms with van der Waals surface area (Å²) in [7, 11) is 0. The second kappa shape index (κ2) is 6.37. The topological polar surface area (TPSA) is 0 Å². The number of hydrogen-bond donors (Lipinski definition) is 0. The molecular weight excluding hydrogens is 507 g/mol. The van der Waals surface area contributed by atoms with E-state index in [4.69, 9.17) is 0 Å². The molecule has 0 saturated carbocycles. The van der Waals surface area contributed by atoms with Crippen molar-refractivity contribution >= 4 is 63.7 Å². The summed E-state index contributed by atoms with van der Waals surface area (Å²) >= 11 is 14.0. The van der Waals surface area contributed by atoms with Gasteiger partial charge in [-0.05, 0) is 63.8 Å². The van der Waals surface area contributed by atoms with Gasteiger partial charge in [0.2, 0.25) is 0 Å². The van der Waals surface area contributed by atoms with Gasteiger partial charge in [-0.15, -0.1) is 0 Å². The molecular formula is C14H9Br4F. The number of rotatable bonds is 2. The predicted octanol–water partition coefficient (Wildman–Crippen LogP) is 6.91. The molecule has 1 atom stereocenters. The lowest BCUT2D eigenvalue weighted by molar-refractivity contribution is 0.620. The normalized spacial score (nSPS) is 12.5. The van der Waals surface area contributed by atoms with Gasteiger partial charge in [-0.1, -0.05) is 53.9 Å². The maximum Gasteiger partial charge on any atom is 0.137 e. The van der Waals surface area contributed by atoms with E-state index in [1.54, 1.807) is 12.1 Å². The average Bonchev–Trinajstić information content (AvgIpc) is 2.36. The molecule has 100 valence electrons. The fourth-order valence-corrected chi connectivity index (χ4v) is 4.12. The summed E-state index contributed by atoms with van der Waals surface area (Å²) in [6.45, 7) is 2.04. The lowest BCUT2D eigenvalue weighted by Gasteiger charge is -2.15. The minimum Gasteiger partial charge on any atom is -0.206 e. The quantitative estimate of drug-likeness (QED) is 0.381. The molecule has 0 heterocycles. The fraction of sp³-hybridized carbons (Fsp3) is 0.143. The molecule has 2 aromatic carbocycles. The van der Waals surface area contributed by atoms with E-state index in [0.29, 0.717) is 4.47 Å². The van der Waals surface area contributed by atoms with Gasteiger partial charge in [0.15, 0.2) is 0 Å². The van der Waals surface area contributed by atoms with Gasteiger partial charge >= 0.3 is 0 Å². The molecule has 2 aromatic rings. The smallest absolute Gasteiger partial charge is 0.137 e. The Balaban J connectivity index is 2.46. The number of benzene rings is 2. The first-order valence-corrected chi connectivity index (χ1v) is 8.74. The number of alkyl halides is 1. The first-order valence-electron chi connectivity index (χ1n) is 5.44. The van der Waals surface area contributed by atoms with E-state index >= 15 is 0 Å². The molecule has 0 saturated heterocycles. The molecule has 5 heteroatoms. The van der Waals surface area contributed by atoms with E-state index in [0.717, 1.165) is 25.6 Å². The lowest BCUT2D eigenvalue weighted by atomic mass is 10.0. The Morgan fingerprint density at radius 1 is 0.947 bits per heavy atom. The highest BCUT2D eigenvalue weighted by Crippen LogP contribution is 2.38. The number of aryl methyl sites for hydroxylation is 1. The van der Waals surface area contributed by atoms with Gasteiger partial charge in [0, 0.05) is 8.95 Å². The molecule has 0 spiro atoms. The van der Waals surface area contributed by atoms with Crippen LogP contribution >= 0.6 is 63.7 Å². The van der Waals surface area contributed by atoms with Gasteiger partial charge in [-0.3, -0.25) is 0 Å². The molecule has 0 aliphatic rings. The second-order valence-corrected chi connectivity index (χ2v) is 7.64. The van der Waals surface area contributed by atoms with Crippen molar-refractivity contribution in [1.29, 1.82) is 0 Å². The van der Waals surface area contributed by atoms with E-state index in [1.807, 2.05) is 6.92 Å². The van der Waals surface area contributed by atoms with Crippen molar-refractivity contribution in [1.82, 2.24) is 0 Å². The van der Waals surface area contributed by atoms with Crippen molar-refractivity contribution in [3.8, 4) is 0 Å². The third-order valence-corrected chi connectivity index (χ3v) is 5.96. The highest BCUT2D eigenvalue weighted by Gasteiger charge is 2.16. The Bertz CT molecular complexity index is 625. The molecule has 0 aliphatic heterocycles. The van der Waals surface area contributed by atoms with E-state index in [1.165, 1.54) is 6.07 Å². The van der Waals surface area contributed by atoms with Gasteiger partial charge in [0.1, 0.15) is 5.82 Å². The first-order chi connectivity index (χ1) is 8.90. The number of halogens is 5. The summed E-state index contributed by atoms with van der Waals surface area (Å²) in [5, 5.41) is 0. The monoisotopic (exact) mass is 512 g/mol. The maximum absolute atomic E-state index is 13.3. The fourth-order valence-electron chi connectivity index (χ4n) is 1.71. The Morgan fingerprint density at radius 2 is 1.63 bits per heavy atom. The number of hydrogen-bond acceptors (Lipinski definition) is 0. The molecule has 1 unspecified atom stereocenters. The molecule has 0 aliphatic carbocycles. The van der Waals surface area contributed by atoms with Gasteiger partial charge < -0.3 is 0 Å². The van der Waals surface area contributed by atoms with Crippen molar-refractivity contribution in [2.24, 2.45) is 0 Å². The van der Waals surface area contributed by atoms with Crippen LogP contribution in [-0.2, 0) is 0 Å². The Kier molecular flexibility index (Phi) is 5.26. The molecule has 0 nitrogen and oxygen atoms in total. The van der Waals surface area contributed by atoms with E-state index in [9.17, 15) is 4.39 Å². The molecule has 0 N–H and O–H groups in total. The third kappa shape index (κ3) is 3.49. The SMILES string of the molecule is Cc1cc(Br)c(C(Br)c2ccc(F)c(Br)c2)cc1Br.